The van der Waals surface area contributed by atoms with Crippen LogP contribution < -0.4 is 5.32 Å². The second-order valence-electron chi connectivity index (χ2n) is 6.74. The fourth-order valence-electron chi connectivity index (χ4n) is 2.96. The summed E-state index contributed by atoms with van der Waals surface area (Å²) in [6.07, 6.45) is 3.44. The van der Waals surface area contributed by atoms with Crippen molar-refractivity contribution in [2.24, 2.45) is 0 Å². The molecule has 1 fully saturated rings. The smallest absolute Gasteiger partial charge is 0.236 e. The van der Waals surface area contributed by atoms with Crippen LogP contribution in [0.5, 0.6) is 0 Å². The summed E-state index contributed by atoms with van der Waals surface area (Å²) < 4.78 is 0. The van der Waals surface area contributed by atoms with E-state index in [9.17, 15) is 9.59 Å². The molecule has 1 aliphatic rings. The molecule has 2 rings (SSSR count). The molecule has 1 aliphatic carbocycles. The van der Waals surface area contributed by atoms with Crippen LogP contribution >= 0.6 is 0 Å². The first-order chi connectivity index (χ1) is 10.9. The highest BCUT2D eigenvalue weighted by molar-refractivity contribution is 5.81. The van der Waals surface area contributed by atoms with Gasteiger partial charge in [-0.25, -0.2) is 0 Å². The molecule has 5 heteroatoms. The lowest BCUT2D eigenvalue weighted by molar-refractivity contribution is -0.130. The lowest BCUT2D eigenvalue weighted by Crippen LogP contribution is -2.48. The second-order valence-corrected chi connectivity index (χ2v) is 6.74. The molecule has 1 saturated carbocycles. The second kappa shape index (κ2) is 7.59. The van der Waals surface area contributed by atoms with Crippen molar-refractivity contribution in [3.63, 3.8) is 0 Å². The zero-order chi connectivity index (χ0) is 16.9. The van der Waals surface area contributed by atoms with Gasteiger partial charge >= 0.3 is 0 Å². The van der Waals surface area contributed by atoms with Crippen molar-refractivity contribution in [3.05, 3.63) is 35.9 Å². The van der Waals surface area contributed by atoms with Crippen LogP contribution in [-0.4, -0.2) is 62.4 Å². The van der Waals surface area contributed by atoms with E-state index < -0.39 is 0 Å². The van der Waals surface area contributed by atoms with Crippen molar-refractivity contribution >= 4 is 11.8 Å². The van der Waals surface area contributed by atoms with Gasteiger partial charge in [0.15, 0.2) is 0 Å². The Labute approximate surface area is 138 Å². The highest BCUT2D eigenvalue weighted by atomic mass is 16.2. The normalized spacial score (nSPS) is 15.8. The fourth-order valence-corrected chi connectivity index (χ4v) is 2.96. The van der Waals surface area contributed by atoms with E-state index in [1.54, 1.807) is 26.0 Å². The van der Waals surface area contributed by atoms with Crippen LogP contribution in [0.25, 0.3) is 0 Å². The van der Waals surface area contributed by atoms with Crippen molar-refractivity contribution in [1.29, 1.82) is 0 Å². The lowest BCUT2D eigenvalue weighted by atomic mass is 9.64. The average molecular weight is 317 g/mol. The molecule has 0 bridgehead atoms. The molecular weight excluding hydrogens is 290 g/mol. The summed E-state index contributed by atoms with van der Waals surface area (Å²) in [5.41, 5.74) is 1.40. The Morgan fingerprint density at radius 2 is 1.74 bits per heavy atom. The minimum Gasteiger partial charge on any atom is -0.354 e. The molecule has 0 saturated heterocycles. The number of rotatable bonds is 7. The molecule has 1 N–H and O–H groups in total. The summed E-state index contributed by atoms with van der Waals surface area (Å²) in [6.45, 7) is 1.17. The van der Waals surface area contributed by atoms with Gasteiger partial charge in [-0.05, 0) is 25.5 Å². The Bertz CT molecular complexity index is 538. The van der Waals surface area contributed by atoms with Crippen molar-refractivity contribution in [2.75, 3.05) is 40.8 Å². The average Bonchev–Trinajstić information content (AvgIpc) is 2.46. The monoisotopic (exact) mass is 317 g/mol. The van der Waals surface area contributed by atoms with Crippen molar-refractivity contribution < 1.29 is 9.59 Å². The molecule has 23 heavy (non-hydrogen) atoms. The first-order valence-corrected chi connectivity index (χ1v) is 8.14. The maximum Gasteiger partial charge on any atom is 0.236 e. The number of benzene rings is 1. The molecule has 2 amide bonds. The maximum absolute atomic E-state index is 12.1. The number of amides is 2. The number of carbonyl (C=O) groups excluding carboxylic acids is 2. The number of nitrogens with zero attached hydrogens (tertiary/aromatic N) is 2. The van der Waals surface area contributed by atoms with E-state index >= 15 is 0 Å². The summed E-state index contributed by atoms with van der Waals surface area (Å²) in [5, 5.41) is 3.05. The zero-order valence-electron chi connectivity index (χ0n) is 14.3. The van der Waals surface area contributed by atoms with Gasteiger partial charge < -0.3 is 10.2 Å². The van der Waals surface area contributed by atoms with Gasteiger partial charge in [-0.2, -0.15) is 0 Å². The predicted molar refractivity (Wildman–Crippen MR) is 91.2 cm³/mol. The number of likely N-dealkylation sites (N-methyl/N-ethyl adjacent to an activating group) is 2. The molecule has 0 atom stereocenters. The molecule has 0 aliphatic heterocycles. The van der Waals surface area contributed by atoms with Crippen LogP contribution in [0, 0.1) is 0 Å². The quantitative estimate of drug-likeness (QED) is 0.823. The Balaban J connectivity index is 1.83. The van der Waals surface area contributed by atoms with Crippen LogP contribution in [0.3, 0.4) is 0 Å². The van der Waals surface area contributed by atoms with Gasteiger partial charge in [-0.3, -0.25) is 14.5 Å². The molecular formula is C18H27N3O2. The molecule has 1 aromatic rings. The molecule has 0 heterocycles. The van der Waals surface area contributed by atoms with Crippen LogP contribution in [0.4, 0.5) is 0 Å². The van der Waals surface area contributed by atoms with Crippen molar-refractivity contribution in [2.45, 2.75) is 24.7 Å². The highest BCUT2D eigenvalue weighted by Gasteiger charge is 2.38. The van der Waals surface area contributed by atoms with E-state index in [1.807, 2.05) is 6.07 Å². The summed E-state index contributed by atoms with van der Waals surface area (Å²) in [6, 6.07) is 10.4. The molecule has 0 spiro atoms. The van der Waals surface area contributed by atoms with Crippen LogP contribution in [0.1, 0.15) is 24.8 Å². The Morgan fingerprint density at radius 1 is 1.09 bits per heavy atom. The topological polar surface area (TPSA) is 52.7 Å². The van der Waals surface area contributed by atoms with Gasteiger partial charge in [0, 0.05) is 26.1 Å². The Hall–Kier alpha value is -1.88. The third kappa shape index (κ3) is 4.55. The molecule has 5 nitrogen and oxygen atoms in total. The van der Waals surface area contributed by atoms with E-state index in [-0.39, 0.29) is 30.3 Å². The minimum atomic E-state index is -0.0266. The van der Waals surface area contributed by atoms with Gasteiger partial charge in [0.1, 0.15) is 0 Å². The summed E-state index contributed by atoms with van der Waals surface area (Å²) in [7, 11) is 5.23. The van der Waals surface area contributed by atoms with Crippen LogP contribution in [0.15, 0.2) is 30.3 Å². The van der Waals surface area contributed by atoms with Crippen molar-refractivity contribution in [3.8, 4) is 0 Å². The fraction of sp³-hybridized carbons (Fsp3) is 0.556. The zero-order valence-corrected chi connectivity index (χ0v) is 14.3. The van der Waals surface area contributed by atoms with Gasteiger partial charge in [-0.15, -0.1) is 0 Å². The summed E-state index contributed by atoms with van der Waals surface area (Å²) in [4.78, 5) is 27.1. The molecule has 0 radical (unpaired) electrons. The predicted octanol–water partition coefficient (Wildman–Crippen LogP) is 1.24. The number of nitrogens with one attached hydrogen (secondary N) is 1. The molecule has 0 unspecified atom stereocenters. The summed E-state index contributed by atoms with van der Waals surface area (Å²) >= 11 is 0. The largest absolute Gasteiger partial charge is 0.354 e. The summed E-state index contributed by atoms with van der Waals surface area (Å²) in [5.74, 6) is -0.0266. The minimum absolute atomic E-state index is 0.0000451. The third-order valence-electron chi connectivity index (χ3n) is 4.64. The Morgan fingerprint density at radius 3 is 2.26 bits per heavy atom. The standard InChI is InChI=1S/C18H27N3O2/c1-20(2)17(23)13-21(3)12-16(22)19-14-18(10-7-11-18)15-8-5-4-6-9-15/h4-6,8-9H,7,10-14H2,1-3H3,(H,19,22). The maximum atomic E-state index is 12.1. The number of hydrogen-bond donors (Lipinski definition) is 1. The van der Waals surface area contributed by atoms with E-state index in [0.717, 1.165) is 12.8 Å². The van der Waals surface area contributed by atoms with E-state index in [0.29, 0.717) is 6.54 Å². The number of carbonyl (C=O) groups is 2. The van der Waals surface area contributed by atoms with E-state index in [2.05, 4.69) is 29.6 Å². The van der Waals surface area contributed by atoms with Crippen molar-refractivity contribution in [1.82, 2.24) is 15.1 Å². The van der Waals surface area contributed by atoms with E-state index in [1.165, 1.54) is 16.9 Å². The highest BCUT2D eigenvalue weighted by Crippen LogP contribution is 2.43. The van der Waals surface area contributed by atoms with Gasteiger partial charge in [0.2, 0.25) is 11.8 Å². The van der Waals surface area contributed by atoms with Gasteiger partial charge in [-0.1, -0.05) is 36.8 Å². The van der Waals surface area contributed by atoms with Crippen LogP contribution in [-0.2, 0) is 15.0 Å². The van der Waals surface area contributed by atoms with Gasteiger partial charge in [0.25, 0.3) is 0 Å². The lowest BCUT2D eigenvalue weighted by Gasteiger charge is -2.42. The SMILES string of the molecule is CN(CC(=O)NCC1(c2ccccc2)CCC1)CC(=O)N(C)C. The molecule has 0 aromatic heterocycles. The molecule has 126 valence electrons. The van der Waals surface area contributed by atoms with E-state index in [4.69, 9.17) is 0 Å². The van der Waals surface area contributed by atoms with Crippen LogP contribution in [0.2, 0.25) is 0 Å². The number of hydrogen-bond acceptors (Lipinski definition) is 3. The molecule has 1 aromatic carbocycles. The first kappa shape index (κ1) is 17.5. The Kier molecular flexibility index (Phi) is 5.77. The van der Waals surface area contributed by atoms with Gasteiger partial charge in [0.05, 0.1) is 13.1 Å². The third-order valence-corrected chi connectivity index (χ3v) is 4.64. The first-order valence-electron chi connectivity index (χ1n) is 8.14.